The van der Waals surface area contributed by atoms with E-state index in [9.17, 15) is 9.59 Å². The Bertz CT molecular complexity index is 548. The first-order valence-electron chi connectivity index (χ1n) is 7.31. The summed E-state index contributed by atoms with van der Waals surface area (Å²) in [5, 5.41) is 0.709. The molecule has 6 nitrogen and oxygen atoms in total. The van der Waals surface area contributed by atoms with Crippen molar-refractivity contribution in [3.63, 3.8) is 0 Å². The zero-order valence-electron chi connectivity index (χ0n) is 12.8. The average Bonchev–Trinajstić information content (AvgIpc) is 2.52. The normalized spacial score (nSPS) is 15.7. The van der Waals surface area contributed by atoms with Crippen LogP contribution in [0.25, 0.3) is 0 Å². The Morgan fingerprint density at radius 2 is 1.78 bits per heavy atom. The lowest BCUT2D eigenvalue weighted by molar-refractivity contribution is -0.133. The molecule has 1 atom stereocenters. The Kier molecular flexibility index (Phi) is 7.61. The van der Waals surface area contributed by atoms with E-state index in [1.165, 1.54) is 0 Å². The van der Waals surface area contributed by atoms with Crippen molar-refractivity contribution in [2.75, 3.05) is 31.1 Å². The van der Waals surface area contributed by atoms with Crippen molar-refractivity contribution in [1.82, 2.24) is 4.90 Å². The first-order valence-corrected chi connectivity index (χ1v) is 7.69. The fraction of sp³-hybridized carbons (Fsp3) is 0.467. The first kappa shape index (κ1) is 19.5. The van der Waals surface area contributed by atoms with Gasteiger partial charge in [-0.1, -0.05) is 23.7 Å². The van der Waals surface area contributed by atoms with Crippen LogP contribution in [0, 0.1) is 0 Å². The number of amides is 2. The fourth-order valence-electron chi connectivity index (χ4n) is 2.53. The number of anilines is 1. The molecule has 4 N–H and O–H groups in total. The summed E-state index contributed by atoms with van der Waals surface area (Å²) < 4.78 is 0. The largest absolute Gasteiger partial charge is 0.370 e. The maximum atomic E-state index is 12.2. The molecule has 1 aliphatic heterocycles. The molecule has 0 radical (unpaired) electrons. The second-order valence-electron chi connectivity index (χ2n) is 5.38. The summed E-state index contributed by atoms with van der Waals surface area (Å²) in [4.78, 5) is 26.9. The number of nitrogens with zero attached hydrogens (tertiary/aromatic N) is 2. The maximum Gasteiger partial charge on any atom is 0.239 e. The highest BCUT2D eigenvalue weighted by Gasteiger charge is 2.26. The lowest BCUT2D eigenvalue weighted by Crippen LogP contribution is -2.53. The highest BCUT2D eigenvalue weighted by atomic mass is 35.5. The van der Waals surface area contributed by atoms with Crippen LogP contribution in [0.5, 0.6) is 0 Å². The third kappa shape index (κ3) is 5.27. The number of halogens is 2. The quantitative estimate of drug-likeness (QED) is 0.819. The maximum absolute atomic E-state index is 12.2. The van der Waals surface area contributed by atoms with E-state index in [0.717, 1.165) is 5.69 Å². The zero-order chi connectivity index (χ0) is 16.1. The van der Waals surface area contributed by atoms with Crippen LogP contribution in [-0.2, 0) is 9.59 Å². The second-order valence-corrected chi connectivity index (χ2v) is 5.78. The zero-order valence-corrected chi connectivity index (χ0v) is 14.4. The van der Waals surface area contributed by atoms with Crippen molar-refractivity contribution in [3.05, 3.63) is 29.3 Å². The van der Waals surface area contributed by atoms with E-state index in [2.05, 4.69) is 4.90 Å². The van der Waals surface area contributed by atoms with Crippen LogP contribution >= 0.6 is 24.0 Å². The highest BCUT2D eigenvalue weighted by Crippen LogP contribution is 2.26. The van der Waals surface area contributed by atoms with Gasteiger partial charge in [-0.3, -0.25) is 9.59 Å². The molecule has 0 spiro atoms. The summed E-state index contributed by atoms with van der Waals surface area (Å²) in [5.74, 6) is -0.563. The van der Waals surface area contributed by atoms with Gasteiger partial charge in [0.05, 0.1) is 16.8 Å². The summed E-state index contributed by atoms with van der Waals surface area (Å²) >= 11 is 6.19. The molecule has 1 aromatic rings. The molecule has 1 saturated heterocycles. The minimum absolute atomic E-state index is 0. The molecular weight excluding hydrogens is 339 g/mol. The number of hydrogen-bond acceptors (Lipinski definition) is 4. The van der Waals surface area contributed by atoms with Gasteiger partial charge in [-0.15, -0.1) is 12.4 Å². The topological polar surface area (TPSA) is 92.7 Å². The molecule has 2 amide bonds. The lowest BCUT2D eigenvalue weighted by Gasteiger charge is -2.37. The predicted octanol–water partition coefficient (Wildman–Crippen LogP) is 1.00. The number of nitrogens with two attached hydrogens (primary N) is 2. The third-order valence-corrected chi connectivity index (χ3v) is 4.12. The summed E-state index contributed by atoms with van der Waals surface area (Å²) in [7, 11) is 0. The molecule has 1 heterocycles. The van der Waals surface area contributed by atoms with Gasteiger partial charge in [-0.2, -0.15) is 0 Å². The molecule has 1 aromatic carbocycles. The van der Waals surface area contributed by atoms with Crippen molar-refractivity contribution in [3.8, 4) is 0 Å². The van der Waals surface area contributed by atoms with E-state index in [4.69, 9.17) is 23.1 Å². The van der Waals surface area contributed by atoms with Gasteiger partial charge in [0.1, 0.15) is 0 Å². The van der Waals surface area contributed by atoms with Crippen LogP contribution in [0.2, 0.25) is 5.02 Å². The summed E-state index contributed by atoms with van der Waals surface area (Å²) in [5.41, 5.74) is 11.9. The van der Waals surface area contributed by atoms with Crippen molar-refractivity contribution in [2.24, 2.45) is 11.5 Å². The molecule has 0 aliphatic carbocycles. The van der Waals surface area contributed by atoms with Gasteiger partial charge in [0.2, 0.25) is 11.8 Å². The summed E-state index contributed by atoms with van der Waals surface area (Å²) in [6.45, 7) is 2.60. The van der Waals surface area contributed by atoms with Crippen LogP contribution in [0.1, 0.15) is 12.8 Å². The Balaban J connectivity index is 0.00000264. The van der Waals surface area contributed by atoms with Gasteiger partial charge in [0.25, 0.3) is 0 Å². The van der Waals surface area contributed by atoms with E-state index >= 15 is 0 Å². The number of carbonyl (C=O) groups is 2. The smallest absolute Gasteiger partial charge is 0.239 e. The van der Waals surface area contributed by atoms with E-state index in [1.807, 2.05) is 24.3 Å². The van der Waals surface area contributed by atoms with Gasteiger partial charge >= 0.3 is 0 Å². The van der Waals surface area contributed by atoms with Gasteiger partial charge in [0.15, 0.2) is 0 Å². The molecule has 0 bridgehead atoms. The molecule has 0 saturated carbocycles. The van der Waals surface area contributed by atoms with Crippen LogP contribution in [-0.4, -0.2) is 48.9 Å². The van der Waals surface area contributed by atoms with E-state index in [1.54, 1.807) is 4.90 Å². The molecule has 1 aliphatic rings. The van der Waals surface area contributed by atoms with Crippen LogP contribution in [0.3, 0.4) is 0 Å². The number of carbonyl (C=O) groups excluding carboxylic acids is 2. The summed E-state index contributed by atoms with van der Waals surface area (Å²) in [6, 6.07) is 6.99. The number of hydrogen-bond donors (Lipinski definition) is 2. The van der Waals surface area contributed by atoms with Gasteiger partial charge < -0.3 is 21.3 Å². The minimum atomic E-state index is -0.667. The van der Waals surface area contributed by atoms with Crippen molar-refractivity contribution in [1.29, 1.82) is 0 Å². The van der Waals surface area contributed by atoms with Crippen LogP contribution < -0.4 is 16.4 Å². The monoisotopic (exact) mass is 360 g/mol. The Hall–Kier alpha value is -1.50. The Morgan fingerprint density at radius 3 is 2.35 bits per heavy atom. The molecule has 23 heavy (non-hydrogen) atoms. The third-order valence-electron chi connectivity index (χ3n) is 3.80. The molecule has 8 heteroatoms. The number of para-hydroxylation sites is 1. The molecule has 1 fully saturated rings. The number of benzene rings is 1. The first-order chi connectivity index (χ1) is 10.5. The number of rotatable bonds is 5. The molecule has 1 unspecified atom stereocenters. The van der Waals surface area contributed by atoms with Crippen molar-refractivity contribution >= 4 is 41.5 Å². The van der Waals surface area contributed by atoms with E-state index in [-0.39, 0.29) is 24.7 Å². The average molecular weight is 361 g/mol. The van der Waals surface area contributed by atoms with Gasteiger partial charge in [-0.05, 0) is 18.6 Å². The van der Waals surface area contributed by atoms with Crippen molar-refractivity contribution in [2.45, 2.75) is 18.9 Å². The van der Waals surface area contributed by atoms with Gasteiger partial charge in [0, 0.05) is 32.6 Å². The Labute approximate surface area is 147 Å². The second kappa shape index (κ2) is 8.96. The fourth-order valence-corrected chi connectivity index (χ4v) is 2.79. The van der Waals surface area contributed by atoms with Crippen LogP contribution in [0.4, 0.5) is 5.69 Å². The highest BCUT2D eigenvalue weighted by molar-refractivity contribution is 6.33. The minimum Gasteiger partial charge on any atom is -0.370 e. The Morgan fingerprint density at radius 1 is 1.17 bits per heavy atom. The van der Waals surface area contributed by atoms with E-state index in [0.29, 0.717) is 37.6 Å². The lowest BCUT2D eigenvalue weighted by atomic mass is 10.1. The molecular formula is C15H22Cl2N4O2. The van der Waals surface area contributed by atoms with Crippen LogP contribution in [0.15, 0.2) is 24.3 Å². The molecule has 128 valence electrons. The van der Waals surface area contributed by atoms with Crippen molar-refractivity contribution < 1.29 is 9.59 Å². The number of primary amides is 1. The predicted molar refractivity (Wildman–Crippen MR) is 93.9 cm³/mol. The molecule has 2 rings (SSSR count). The van der Waals surface area contributed by atoms with E-state index < -0.39 is 11.9 Å². The standard InChI is InChI=1S/C15H21ClN4O2.ClH/c16-11-3-1-2-4-13(11)19-7-9-20(10-8-19)15(22)12(17)5-6-14(18)21;/h1-4,12H,5-10,17H2,(H2,18,21);1H. The SMILES string of the molecule is Cl.NC(=O)CCC(N)C(=O)N1CCN(c2ccccc2Cl)CC1. The summed E-state index contributed by atoms with van der Waals surface area (Å²) in [6.07, 6.45) is 0.422. The number of piperazine rings is 1. The molecule has 0 aromatic heterocycles. The van der Waals surface area contributed by atoms with Gasteiger partial charge in [-0.25, -0.2) is 0 Å².